The monoisotopic (exact) mass is 354 g/mol. The molecule has 126 valence electrons. The molecule has 0 amide bonds. The zero-order valence-electron chi connectivity index (χ0n) is 13.5. The fraction of sp³-hybridized carbons (Fsp3) is 0.200. The van der Waals surface area contributed by atoms with E-state index >= 15 is 0 Å². The van der Waals surface area contributed by atoms with E-state index in [0.29, 0.717) is 17.2 Å². The Morgan fingerprint density at radius 3 is 2.88 bits per heavy atom. The highest BCUT2D eigenvalue weighted by Gasteiger charge is 2.08. The first kappa shape index (κ1) is 15.4. The van der Waals surface area contributed by atoms with E-state index in [1.807, 2.05) is 32.0 Å². The van der Waals surface area contributed by atoms with Crippen LogP contribution in [0.2, 0.25) is 0 Å². The molecule has 0 aliphatic heterocycles. The predicted octanol–water partition coefficient (Wildman–Crippen LogP) is 1.36. The highest BCUT2D eigenvalue weighted by atomic mass is 32.1. The Morgan fingerprint density at radius 2 is 2.12 bits per heavy atom. The average molecular weight is 354 g/mol. The van der Waals surface area contributed by atoms with Gasteiger partial charge in [0.2, 0.25) is 4.96 Å². The SMILES string of the molecule is Cc1nn2c(=O)cc(CNc3ccc(-n4cnnn4)c(C)c3)nc2s1. The van der Waals surface area contributed by atoms with Crippen molar-refractivity contribution in [2.75, 3.05) is 5.32 Å². The van der Waals surface area contributed by atoms with E-state index < -0.39 is 0 Å². The second-order valence-corrected chi connectivity index (χ2v) is 6.67. The number of nitrogens with one attached hydrogen (secondary N) is 1. The van der Waals surface area contributed by atoms with Crippen LogP contribution >= 0.6 is 11.3 Å². The van der Waals surface area contributed by atoms with Gasteiger partial charge in [-0.15, -0.1) is 5.10 Å². The van der Waals surface area contributed by atoms with Crippen LogP contribution in [0.3, 0.4) is 0 Å². The molecule has 0 bridgehead atoms. The Balaban J connectivity index is 1.55. The molecule has 1 N–H and O–H groups in total. The van der Waals surface area contributed by atoms with Crippen molar-refractivity contribution in [2.45, 2.75) is 20.4 Å². The van der Waals surface area contributed by atoms with Crippen LogP contribution in [-0.4, -0.2) is 34.8 Å². The molecule has 0 fully saturated rings. The molecule has 0 saturated heterocycles. The van der Waals surface area contributed by atoms with Gasteiger partial charge in [-0.25, -0.2) is 9.67 Å². The Bertz CT molecular complexity index is 1100. The summed E-state index contributed by atoms with van der Waals surface area (Å²) in [5, 5.41) is 19.4. The maximum atomic E-state index is 12.1. The number of hydrogen-bond donors (Lipinski definition) is 1. The van der Waals surface area contributed by atoms with Crippen LogP contribution in [0.5, 0.6) is 0 Å². The van der Waals surface area contributed by atoms with Gasteiger partial charge in [-0.05, 0) is 48.0 Å². The van der Waals surface area contributed by atoms with Gasteiger partial charge in [-0.3, -0.25) is 4.79 Å². The number of aryl methyl sites for hydroxylation is 2. The lowest BCUT2D eigenvalue weighted by molar-refractivity contribution is 0.785. The minimum Gasteiger partial charge on any atom is -0.379 e. The third kappa shape index (κ3) is 2.98. The lowest BCUT2D eigenvalue weighted by Gasteiger charge is -2.09. The lowest BCUT2D eigenvalue weighted by Crippen LogP contribution is -2.16. The number of nitrogens with zero attached hydrogens (tertiary/aromatic N) is 7. The van der Waals surface area contributed by atoms with Crippen molar-refractivity contribution >= 4 is 22.0 Å². The molecule has 4 aromatic rings. The van der Waals surface area contributed by atoms with E-state index in [0.717, 1.165) is 21.9 Å². The number of benzene rings is 1. The molecular weight excluding hydrogens is 340 g/mol. The summed E-state index contributed by atoms with van der Waals surface area (Å²) in [4.78, 5) is 17.2. The topological polar surface area (TPSA) is 103 Å². The van der Waals surface area contributed by atoms with Crippen LogP contribution in [-0.2, 0) is 6.54 Å². The van der Waals surface area contributed by atoms with Gasteiger partial charge in [-0.1, -0.05) is 11.3 Å². The summed E-state index contributed by atoms with van der Waals surface area (Å²) in [7, 11) is 0. The van der Waals surface area contributed by atoms with Crippen LogP contribution in [0.15, 0.2) is 35.4 Å². The molecule has 9 nitrogen and oxygen atoms in total. The quantitative estimate of drug-likeness (QED) is 0.590. The second-order valence-electron chi connectivity index (χ2n) is 5.51. The highest BCUT2D eigenvalue weighted by Crippen LogP contribution is 2.18. The summed E-state index contributed by atoms with van der Waals surface area (Å²) < 4.78 is 2.94. The van der Waals surface area contributed by atoms with Gasteiger partial charge >= 0.3 is 0 Å². The van der Waals surface area contributed by atoms with Crippen molar-refractivity contribution < 1.29 is 0 Å². The number of aromatic nitrogens is 7. The third-order valence-electron chi connectivity index (χ3n) is 3.67. The first-order chi connectivity index (χ1) is 12.1. The molecule has 0 saturated carbocycles. The van der Waals surface area contributed by atoms with Gasteiger partial charge in [0.25, 0.3) is 5.56 Å². The average Bonchev–Trinajstić information content (AvgIpc) is 3.22. The summed E-state index contributed by atoms with van der Waals surface area (Å²) in [6.07, 6.45) is 1.55. The number of tetrazole rings is 1. The summed E-state index contributed by atoms with van der Waals surface area (Å²) in [5.74, 6) is 0. The summed E-state index contributed by atoms with van der Waals surface area (Å²) >= 11 is 1.40. The largest absolute Gasteiger partial charge is 0.379 e. The number of fused-ring (bicyclic) bond motifs is 1. The molecule has 4 rings (SSSR count). The normalized spacial score (nSPS) is 11.1. The maximum Gasteiger partial charge on any atom is 0.275 e. The van der Waals surface area contributed by atoms with Crippen molar-refractivity contribution in [1.82, 2.24) is 34.8 Å². The number of anilines is 1. The predicted molar refractivity (Wildman–Crippen MR) is 93.1 cm³/mol. The minimum absolute atomic E-state index is 0.170. The van der Waals surface area contributed by atoms with Crippen molar-refractivity contribution in [3.8, 4) is 5.69 Å². The molecule has 0 aliphatic carbocycles. The van der Waals surface area contributed by atoms with E-state index in [2.05, 4.69) is 30.9 Å². The van der Waals surface area contributed by atoms with Gasteiger partial charge in [0.05, 0.1) is 17.9 Å². The van der Waals surface area contributed by atoms with Crippen LogP contribution in [0.25, 0.3) is 10.6 Å². The van der Waals surface area contributed by atoms with Crippen LogP contribution in [0, 0.1) is 13.8 Å². The van der Waals surface area contributed by atoms with Crippen LogP contribution in [0.1, 0.15) is 16.3 Å². The third-order valence-corrected chi connectivity index (χ3v) is 4.49. The summed E-state index contributed by atoms with van der Waals surface area (Å²) in [6, 6.07) is 7.37. The second kappa shape index (κ2) is 6.06. The molecular formula is C15H14N8OS. The fourth-order valence-electron chi connectivity index (χ4n) is 2.53. The summed E-state index contributed by atoms with van der Waals surface area (Å²) in [6.45, 7) is 4.29. The molecule has 3 aromatic heterocycles. The van der Waals surface area contributed by atoms with Crippen molar-refractivity contribution in [3.63, 3.8) is 0 Å². The van der Waals surface area contributed by atoms with Gasteiger partial charge in [0.1, 0.15) is 11.3 Å². The first-order valence-corrected chi connectivity index (χ1v) is 8.36. The van der Waals surface area contributed by atoms with Gasteiger partial charge < -0.3 is 5.32 Å². The molecule has 0 spiro atoms. The maximum absolute atomic E-state index is 12.1. The Kier molecular flexibility index (Phi) is 3.73. The minimum atomic E-state index is -0.170. The smallest absolute Gasteiger partial charge is 0.275 e. The van der Waals surface area contributed by atoms with E-state index in [1.165, 1.54) is 21.9 Å². The van der Waals surface area contributed by atoms with E-state index in [9.17, 15) is 4.79 Å². The molecule has 3 heterocycles. The van der Waals surface area contributed by atoms with Crippen molar-refractivity contribution in [2.24, 2.45) is 0 Å². The molecule has 0 unspecified atom stereocenters. The van der Waals surface area contributed by atoms with Crippen molar-refractivity contribution in [3.05, 3.63) is 57.2 Å². The first-order valence-electron chi connectivity index (χ1n) is 7.54. The number of hydrogen-bond acceptors (Lipinski definition) is 8. The van der Waals surface area contributed by atoms with E-state index in [1.54, 1.807) is 11.0 Å². The van der Waals surface area contributed by atoms with E-state index in [-0.39, 0.29) is 5.56 Å². The Morgan fingerprint density at radius 1 is 1.24 bits per heavy atom. The molecule has 0 aliphatic rings. The van der Waals surface area contributed by atoms with E-state index in [4.69, 9.17) is 0 Å². The number of rotatable bonds is 4. The summed E-state index contributed by atoms with van der Waals surface area (Å²) in [5.41, 5.74) is 3.37. The molecule has 0 atom stereocenters. The molecule has 10 heteroatoms. The van der Waals surface area contributed by atoms with Gasteiger partial charge in [-0.2, -0.15) is 9.61 Å². The van der Waals surface area contributed by atoms with Crippen molar-refractivity contribution in [1.29, 1.82) is 0 Å². The zero-order valence-corrected chi connectivity index (χ0v) is 14.4. The van der Waals surface area contributed by atoms with Crippen LogP contribution in [0.4, 0.5) is 5.69 Å². The fourth-order valence-corrected chi connectivity index (χ4v) is 3.30. The standard InChI is InChI=1S/C15H14N8OS/c1-9-5-11(3-4-13(9)22-8-17-20-21-22)16-7-12-6-14(24)23-15(18-12)25-10(2)19-23/h3-6,8,16H,7H2,1-2H3. The Labute approximate surface area is 146 Å². The Hall–Kier alpha value is -3.14. The highest BCUT2D eigenvalue weighted by molar-refractivity contribution is 7.16. The lowest BCUT2D eigenvalue weighted by atomic mass is 10.2. The van der Waals surface area contributed by atoms with Gasteiger partial charge in [0.15, 0.2) is 0 Å². The molecule has 25 heavy (non-hydrogen) atoms. The van der Waals surface area contributed by atoms with Crippen LogP contribution < -0.4 is 10.9 Å². The zero-order chi connectivity index (χ0) is 17.4. The molecule has 1 aromatic carbocycles. The molecule has 0 radical (unpaired) electrons. The van der Waals surface area contributed by atoms with Gasteiger partial charge in [0, 0.05) is 11.8 Å².